The van der Waals surface area contributed by atoms with Gasteiger partial charge >= 0.3 is 0 Å². The summed E-state index contributed by atoms with van der Waals surface area (Å²) in [5.41, 5.74) is 0.526. The first kappa shape index (κ1) is 16.6. The standard InChI is InChI=1S/C16H17N3O4/c1-11-9-18(10-12(2)23-11)16(20)14(8-17)7-13-3-5-15(6-4-13)19(21)22/h3-7,11-12H,9-10H2,1-2H3. The van der Waals surface area contributed by atoms with Crippen LogP contribution in [-0.2, 0) is 9.53 Å². The Labute approximate surface area is 133 Å². The van der Waals surface area contributed by atoms with Gasteiger partial charge in [-0.2, -0.15) is 5.26 Å². The van der Waals surface area contributed by atoms with Crippen molar-refractivity contribution in [3.63, 3.8) is 0 Å². The van der Waals surface area contributed by atoms with E-state index in [4.69, 9.17) is 4.74 Å². The Balaban J connectivity index is 2.19. The molecule has 23 heavy (non-hydrogen) atoms. The summed E-state index contributed by atoms with van der Waals surface area (Å²) in [7, 11) is 0. The van der Waals surface area contributed by atoms with Gasteiger partial charge in [0.1, 0.15) is 11.6 Å². The number of rotatable bonds is 3. The van der Waals surface area contributed by atoms with Crippen LogP contribution in [0.3, 0.4) is 0 Å². The molecule has 120 valence electrons. The third kappa shape index (κ3) is 4.14. The van der Waals surface area contributed by atoms with Gasteiger partial charge in [0.2, 0.25) is 0 Å². The van der Waals surface area contributed by atoms with Crippen molar-refractivity contribution in [2.45, 2.75) is 26.1 Å². The number of nitro benzene ring substituents is 1. The number of morpholine rings is 1. The SMILES string of the molecule is CC1CN(C(=O)C(C#N)=Cc2ccc([N+](=O)[O-])cc2)CC(C)O1. The van der Waals surface area contributed by atoms with Crippen molar-refractivity contribution < 1.29 is 14.5 Å². The second-order valence-corrected chi connectivity index (χ2v) is 5.49. The Morgan fingerprint density at radius 2 is 1.91 bits per heavy atom. The molecule has 1 amide bonds. The molecule has 0 aliphatic carbocycles. The molecular weight excluding hydrogens is 298 g/mol. The minimum Gasteiger partial charge on any atom is -0.372 e. The molecule has 1 fully saturated rings. The summed E-state index contributed by atoms with van der Waals surface area (Å²) >= 11 is 0. The molecule has 2 unspecified atom stereocenters. The van der Waals surface area contributed by atoms with E-state index in [1.54, 1.807) is 4.90 Å². The summed E-state index contributed by atoms with van der Waals surface area (Å²) < 4.78 is 5.57. The van der Waals surface area contributed by atoms with Gasteiger partial charge in [-0.05, 0) is 37.6 Å². The summed E-state index contributed by atoms with van der Waals surface area (Å²) in [6.45, 7) is 4.62. The smallest absolute Gasteiger partial charge is 0.269 e. The van der Waals surface area contributed by atoms with Gasteiger partial charge in [-0.1, -0.05) is 0 Å². The largest absolute Gasteiger partial charge is 0.372 e. The van der Waals surface area contributed by atoms with Gasteiger partial charge in [-0.15, -0.1) is 0 Å². The number of hydrogen-bond donors (Lipinski definition) is 0. The number of amides is 1. The zero-order valence-electron chi connectivity index (χ0n) is 12.9. The normalized spacial score (nSPS) is 21.6. The van der Waals surface area contributed by atoms with Crippen LogP contribution in [0.15, 0.2) is 29.8 Å². The molecule has 0 radical (unpaired) electrons. The molecule has 7 heteroatoms. The van der Waals surface area contributed by atoms with Crippen molar-refractivity contribution in [2.24, 2.45) is 0 Å². The zero-order chi connectivity index (χ0) is 17.0. The fourth-order valence-electron chi connectivity index (χ4n) is 2.51. The molecule has 0 saturated carbocycles. The highest BCUT2D eigenvalue weighted by Gasteiger charge is 2.27. The third-order valence-electron chi connectivity index (χ3n) is 3.47. The molecule has 1 saturated heterocycles. The quantitative estimate of drug-likeness (QED) is 0.368. The average molecular weight is 315 g/mol. The van der Waals surface area contributed by atoms with Gasteiger partial charge in [-0.3, -0.25) is 14.9 Å². The van der Waals surface area contributed by atoms with E-state index in [2.05, 4.69) is 0 Å². The predicted molar refractivity (Wildman–Crippen MR) is 83.3 cm³/mol. The Hall–Kier alpha value is -2.72. The van der Waals surface area contributed by atoms with Gasteiger partial charge in [0.15, 0.2) is 0 Å². The Kier molecular flexibility index (Phi) is 5.09. The Morgan fingerprint density at radius 1 is 1.35 bits per heavy atom. The highest BCUT2D eigenvalue weighted by atomic mass is 16.6. The number of carbonyl (C=O) groups is 1. The van der Waals surface area contributed by atoms with E-state index < -0.39 is 4.92 Å². The fourth-order valence-corrected chi connectivity index (χ4v) is 2.51. The van der Waals surface area contributed by atoms with Crippen LogP contribution in [0, 0.1) is 21.4 Å². The first-order valence-electron chi connectivity index (χ1n) is 7.21. The van der Waals surface area contributed by atoms with E-state index in [0.717, 1.165) is 0 Å². The van der Waals surface area contributed by atoms with Crippen LogP contribution in [0.5, 0.6) is 0 Å². The maximum Gasteiger partial charge on any atom is 0.269 e. The van der Waals surface area contributed by atoms with Crippen LogP contribution >= 0.6 is 0 Å². The van der Waals surface area contributed by atoms with Crippen molar-refractivity contribution in [3.05, 3.63) is 45.5 Å². The topological polar surface area (TPSA) is 96.5 Å². The molecular formula is C16H17N3O4. The number of carbonyl (C=O) groups excluding carboxylic acids is 1. The van der Waals surface area contributed by atoms with Crippen molar-refractivity contribution in [3.8, 4) is 6.07 Å². The molecule has 0 N–H and O–H groups in total. The zero-order valence-corrected chi connectivity index (χ0v) is 12.9. The molecule has 7 nitrogen and oxygen atoms in total. The molecule has 0 bridgehead atoms. The van der Waals surface area contributed by atoms with Crippen LogP contribution < -0.4 is 0 Å². The van der Waals surface area contributed by atoms with Crippen LogP contribution in [0.25, 0.3) is 6.08 Å². The summed E-state index contributed by atoms with van der Waals surface area (Å²) in [4.78, 5) is 24.2. The van der Waals surface area contributed by atoms with E-state index >= 15 is 0 Å². The maximum absolute atomic E-state index is 12.5. The lowest BCUT2D eigenvalue weighted by atomic mass is 10.1. The molecule has 1 heterocycles. The van der Waals surface area contributed by atoms with E-state index in [1.807, 2.05) is 19.9 Å². The number of ether oxygens (including phenoxy) is 1. The second-order valence-electron chi connectivity index (χ2n) is 5.49. The highest BCUT2D eigenvalue weighted by molar-refractivity contribution is 6.01. The summed E-state index contributed by atoms with van der Waals surface area (Å²) in [6, 6.07) is 7.60. The predicted octanol–water partition coefficient (Wildman–Crippen LogP) is 2.14. The van der Waals surface area contributed by atoms with Crippen molar-refractivity contribution in [2.75, 3.05) is 13.1 Å². The van der Waals surface area contributed by atoms with Crippen LogP contribution in [0.4, 0.5) is 5.69 Å². The number of nitro groups is 1. The van der Waals surface area contributed by atoms with Crippen molar-refractivity contribution in [1.82, 2.24) is 4.90 Å². The first-order chi connectivity index (χ1) is 10.9. The van der Waals surface area contributed by atoms with Gasteiger partial charge in [-0.25, -0.2) is 0 Å². The van der Waals surface area contributed by atoms with Crippen LogP contribution in [0.1, 0.15) is 19.4 Å². The monoisotopic (exact) mass is 315 g/mol. The van der Waals surface area contributed by atoms with E-state index in [1.165, 1.54) is 30.3 Å². The minimum atomic E-state index is -0.500. The lowest BCUT2D eigenvalue weighted by Gasteiger charge is -2.35. The molecule has 0 aromatic heterocycles. The van der Waals surface area contributed by atoms with E-state index in [-0.39, 0.29) is 29.4 Å². The summed E-state index contributed by atoms with van der Waals surface area (Å²) in [5.74, 6) is -0.354. The van der Waals surface area contributed by atoms with Crippen molar-refractivity contribution in [1.29, 1.82) is 5.26 Å². The van der Waals surface area contributed by atoms with Crippen molar-refractivity contribution >= 4 is 17.7 Å². The first-order valence-corrected chi connectivity index (χ1v) is 7.21. The number of nitriles is 1. The number of nitrogens with zero attached hydrogens (tertiary/aromatic N) is 3. The Bertz CT molecular complexity index is 666. The average Bonchev–Trinajstić information content (AvgIpc) is 2.51. The van der Waals surface area contributed by atoms with Gasteiger partial charge in [0.25, 0.3) is 11.6 Å². The van der Waals surface area contributed by atoms with Crippen LogP contribution in [0.2, 0.25) is 0 Å². The number of non-ortho nitro benzene ring substituents is 1. The van der Waals surface area contributed by atoms with Gasteiger partial charge in [0.05, 0.1) is 17.1 Å². The molecule has 2 rings (SSSR count). The fraction of sp³-hybridized carbons (Fsp3) is 0.375. The highest BCUT2D eigenvalue weighted by Crippen LogP contribution is 2.17. The third-order valence-corrected chi connectivity index (χ3v) is 3.47. The molecule has 2 atom stereocenters. The minimum absolute atomic E-state index is 0.000142. The molecule has 0 spiro atoms. The molecule has 1 aromatic carbocycles. The maximum atomic E-state index is 12.5. The molecule has 1 aliphatic heterocycles. The molecule has 1 aliphatic rings. The number of benzene rings is 1. The summed E-state index contributed by atoms with van der Waals surface area (Å²) in [5, 5.41) is 19.9. The lowest BCUT2D eigenvalue weighted by Crippen LogP contribution is -2.48. The molecule has 1 aromatic rings. The number of hydrogen-bond acceptors (Lipinski definition) is 5. The lowest BCUT2D eigenvalue weighted by molar-refractivity contribution is -0.384. The van der Waals surface area contributed by atoms with E-state index in [9.17, 15) is 20.2 Å². The van der Waals surface area contributed by atoms with Gasteiger partial charge < -0.3 is 9.64 Å². The summed E-state index contributed by atoms with van der Waals surface area (Å²) in [6.07, 6.45) is 1.28. The van der Waals surface area contributed by atoms with Gasteiger partial charge in [0, 0.05) is 25.2 Å². The van der Waals surface area contributed by atoms with Crippen LogP contribution in [-0.4, -0.2) is 41.0 Å². The second kappa shape index (κ2) is 7.03. The Morgan fingerprint density at radius 3 is 2.39 bits per heavy atom. The van der Waals surface area contributed by atoms with E-state index in [0.29, 0.717) is 18.7 Å².